The van der Waals surface area contributed by atoms with Crippen molar-refractivity contribution in [2.45, 2.75) is 39.0 Å². The Morgan fingerprint density at radius 3 is 2.38 bits per heavy atom. The van der Waals surface area contributed by atoms with Crippen LogP contribution in [0.2, 0.25) is 0 Å². The summed E-state index contributed by atoms with van der Waals surface area (Å²) in [6, 6.07) is 4.95. The van der Waals surface area contributed by atoms with Gasteiger partial charge in [0, 0.05) is 25.1 Å². The van der Waals surface area contributed by atoms with Gasteiger partial charge in [-0.1, -0.05) is 26.2 Å². The zero-order valence-electron chi connectivity index (χ0n) is 14.8. The summed E-state index contributed by atoms with van der Waals surface area (Å²) >= 11 is 0. The minimum absolute atomic E-state index is 0.0425. The maximum Gasteiger partial charge on any atom is 0.251 e. The summed E-state index contributed by atoms with van der Waals surface area (Å²) in [5.41, 5.74) is 0.465. The van der Waals surface area contributed by atoms with Crippen LogP contribution in [0.15, 0.2) is 18.2 Å². The molecular formula is C18H28N2O4. The van der Waals surface area contributed by atoms with Crippen LogP contribution in [0.25, 0.3) is 0 Å². The Bertz CT molecular complexity index is 532. The minimum atomic E-state index is -0.244. The molecule has 1 rings (SSSR count). The average Bonchev–Trinajstić information content (AvgIpc) is 2.60. The summed E-state index contributed by atoms with van der Waals surface area (Å²) in [7, 11) is 3.06. The Balaban J connectivity index is 2.32. The molecule has 2 amide bonds. The molecule has 0 saturated heterocycles. The van der Waals surface area contributed by atoms with Crippen molar-refractivity contribution in [1.29, 1.82) is 0 Å². The lowest BCUT2D eigenvalue weighted by Crippen LogP contribution is -2.31. The molecule has 0 heterocycles. The van der Waals surface area contributed by atoms with Crippen LogP contribution in [0.4, 0.5) is 0 Å². The van der Waals surface area contributed by atoms with Crippen molar-refractivity contribution in [1.82, 2.24) is 10.6 Å². The highest BCUT2D eigenvalue weighted by molar-refractivity contribution is 5.95. The predicted molar refractivity (Wildman–Crippen MR) is 93.6 cm³/mol. The smallest absolute Gasteiger partial charge is 0.251 e. The molecule has 2 N–H and O–H groups in total. The van der Waals surface area contributed by atoms with Crippen LogP contribution < -0.4 is 20.1 Å². The molecule has 0 aromatic heterocycles. The molecule has 0 aliphatic heterocycles. The third kappa shape index (κ3) is 6.89. The second-order valence-electron chi connectivity index (χ2n) is 5.49. The van der Waals surface area contributed by atoms with E-state index < -0.39 is 0 Å². The van der Waals surface area contributed by atoms with Gasteiger partial charge in [-0.15, -0.1) is 0 Å². The van der Waals surface area contributed by atoms with Crippen LogP contribution in [0, 0.1) is 0 Å². The molecule has 0 bridgehead atoms. The Morgan fingerprint density at radius 2 is 1.71 bits per heavy atom. The van der Waals surface area contributed by atoms with Crippen LogP contribution >= 0.6 is 0 Å². The molecule has 134 valence electrons. The summed E-state index contributed by atoms with van der Waals surface area (Å²) in [4.78, 5) is 23.8. The van der Waals surface area contributed by atoms with Crippen LogP contribution in [-0.2, 0) is 4.79 Å². The molecular weight excluding hydrogens is 308 g/mol. The quantitative estimate of drug-likeness (QED) is 0.609. The van der Waals surface area contributed by atoms with E-state index >= 15 is 0 Å². The van der Waals surface area contributed by atoms with Crippen molar-refractivity contribution >= 4 is 11.8 Å². The molecule has 0 aliphatic rings. The monoisotopic (exact) mass is 336 g/mol. The van der Waals surface area contributed by atoms with Gasteiger partial charge < -0.3 is 20.1 Å². The zero-order chi connectivity index (χ0) is 17.8. The highest BCUT2D eigenvalue weighted by Crippen LogP contribution is 2.27. The Morgan fingerprint density at radius 1 is 0.958 bits per heavy atom. The molecule has 0 fully saturated rings. The van der Waals surface area contributed by atoms with Gasteiger partial charge in [0.1, 0.15) is 0 Å². The number of carbonyl (C=O) groups is 2. The number of benzene rings is 1. The van der Waals surface area contributed by atoms with E-state index in [-0.39, 0.29) is 18.2 Å². The van der Waals surface area contributed by atoms with Crippen molar-refractivity contribution in [2.24, 2.45) is 0 Å². The summed E-state index contributed by atoms with van der Waals surface area (Å²) in [5.74, 6) is 0.775. The number of hydrogen-bond donors (Lipinski definition) is 2. The lowest BCUT2D eigenvalue weighted by Gasteiger charge is -2.10. The third-order valence-corrected chi connectivity index (χ3v) is 3.64. The second kappa shape index (κ2) is 11.3. The number of unbranched alkanes of at least 4 members (excludes halogenated alkanes) is 3. The predicted octanol–water partition coefficient (Wildman–Crippen LogP) is 2.52. The molecule has 0 unspecified atom stereocenters. The first-order valence-electron chi connectivity index (χ1n) is 8.39. The fraction of sp³-hybridized carbons (Fsp3) is 0.556. The molecule has 0 radical (unpaired) electrons. The number of hydrogen-bond acceptors (Lipinski definition) is 4. The Kier molecular flexibility index (Phi) is 9.34. The Labute approximate surface area is 143 Å². The van der Waals surface area contributed by atoms with Gasteiger partial charge in [0.25, 0.3) is 5.91 Å². The standard InChI is InChI=1S/C18H28N2O4/c1-4-5-6-7-11-19-17(21)10-12-20-18(22)14-8-9-15(23-2)16(13-14)24-3/h8-9,13H,4-7,10-12H2,1-3H3,(H,19,21)(H,20,22). The van der Waals surface area contributed by atoms with E-state index in [1.54, 1.807) is 25.3 Å². The molecule has 6 nitrogen and oxygen atoms in total. The van der Waals surface area contributed by atoms with E-state index in [1.807, 2.05) is 0 Å². The number of methoxy groups -OCH3 is 2. The van der Waals surface area contributed by atoms with E-state index in [0.717, 1.165) is 12.8 Å². The molecule has 24 heavy (non-hydrogen) atoms. The van der Waals surface area contributed by atoms with Crippen LogP contribution in [0.5, 0.6) is 11.5 Å². The molecule has 0 atom stereocenters. The summed E-state index contributed by atoms with van der Waals surface area (Å²) in [6.45, 7) is 3.15. The van der Waals surface area contributed by atoms with Gasteiger partial charge in [0.2, 0.25) is 5.91 Å². The normalized spacial score (nSPS) is 10.1. The average molecular weight is 336 g/mol. The van der Waals surface area contributed by atoms with Gasteiger partial charge in [0.15, 0.2) is 11.5 Å². The van der Waals surface area contributed by atoms with E-state index in [0.29, 0.717) is 30.2 Å². The lowest BCUT2D eigenvalue weighted by molar-refractivity contribution is -0.120. The van der Waals surface area contributed by atoms with E-state index in [4.69, 9.17) is 9.47 Å². The van der Waals surface area contributed by atoms with Gasteiger partial charge >= 0.3 is 0 Å². The van der Waals surface area contributed by atoms with Crippen molar-refractivity contribution < 1.29 is 19.1 Å². The zero-order valence-corrected chi connectivity index (χ0v) is 14.8. The highest BCUT2D eigenvalue weighted by Gasteiger charge is 2.11. The second-order valence-corrected chi connectivity index (χ2v) is 5.49. The van der Waals surface area contributed by atoms with Gasteiger partial charge in [-0.2, -0.15) is 0 Å². The van der Waals surface area contributed by atoms with Gasteiger partial charge in [0.05, 0.1) is 14.2 Å². The van der Waals surface area contributed by atoms with Gasteiger partial charge in [-0.05, 0) is 24.6 Å². The fourth-order valence-electron chi connectivity index (χ4n) is 2.24. The summed E-state index contributed by atoms with van der Waals surface area (Å²) in [6.07, 6.45) is 4.77. The van der Waals surface area contributed by atoms with E-state index in [9.17, 15) is 9.59 Å². The van der Waals surface area contributed by atoms with Crippen LogP contribution in [0.1, 0.15) is 49.4 Å². The number of carbonyl (C=O) groups excluding carboxylic acids is 2. The highest BCUT2D eigenvalue weighted by atomic mass is 16.5. The van der Waals surface area contributed by atoms with E-state index in [2.05, 4.69) is 17.6 Å². The molecule has 0 aliphatic carbocycles. The molecule has 0 saturated carbocycles. The molecule has 1 aromatic rings. The number of ether oxygens (including phenoxy) is 2. The summed E-state index contributed by atoms with van der Waals surface area (Å²) < 4.78 is 10.3. The first-order valence-corrected chi connectivity index (χ1v) is 8.39. The van der Waals surface area contributed by atoms with Crippen molar-refractivity contribution in [2.75, 3.05) is 27.3 Å². The first kappa shape index (κ1) is 19.8. The van der Waals surface area contributed by atoms with Gasteiger partial charge in [-0.3, -0.25) is 9.59 Å². The first-order chi connectivity index (χ1) is 11.6. The van der Waals surface area contributed by atoms with Crippen molar-refractivity contribution in [3.8, 4) is 11.5 Å². The number of rotatable bonds is 11. The van der Waals surface area contributed by atoms with Crippen LogP contribution in [0.3, 0.4) is 0 Å². The molecule has 1 aromatic carbocycles. The molecule has 6 heteroatoms. The van der Waals surface area contributed by atoms with Gasteiger partial charge in [-0.25, -0.2) is 0 Å². The van der Waals surface area contributed by atoms with Crippen molar-refractivity contribution in [3.05, 3.63) is 23.8 Å². The molecule has 0 spiro atoms. The minimum Gasteiger partial charge on any atom is -0.493 e. The number of amides is 2. The van der Waals surface area contributed by atoms with E-state index in [1.165, 1.54) is 20.0 Å². The number of nitrogens with one attached hydrogen (secondary N) is 2. The topological polar surface area (TPSA) is 76.7 Å². The maximum absolute atomic E-state index is 12.1. The fourth-order valence-corrected chi connectivity index (χ4v) is 2.24. The maximum atomic E-state index is 12.1. The van der Waals surface area contributed by atoms with Crippen LogP contribution in [-0.4, -0.2) is 39.1 Å². The third-order valence-electron chi connectivity index (χ3n) is 3.64. The summed E-state index contributed by atoms with van der Waals surface area (Å²) in [5, 5.41) is 5.59. The lowest BCUT2D eigenvalue weighted by atomic mass is 10.2. The largest absolute Gasteiger partial charge is 0.493 e. The van der Waals surface area contributed by atoms with Crippen molar-refractivity contribution in [3.63, 3.8) is 0 Å². The Hall–Kier alpha value is -2.24. The SMILES string of the molecule is CCCCCCNC(=O)CCNC(=O)c1ccc(OC)c(OC)c1.